The van der Waals surface area contributed by atoms with Crippen molar-refractivity contribution in [3.63, 3.8) is 0 Å². The van der Waals surface area contributed by atoms with Crippen molar-refractivity contribution in [2.45, 2.75) is 38.4 Å². The topological polar surface area (TPSA) is 41.6 Å². The Bertz CT molecular complexity index is 471. The molecule has 0 radical (unpaired) electrons. The standard InChI is InChI=1S/C17H24N2O2/c1-2-15-17(20)19(12-13-8-10-21-11-9-13)16(18-15)14-6-4-3-5-7-14/h3-7,13,15-16,18H,2,8-12H2,1H3. The second-order valence-electron chi connectivity index (χ2n) is 5.99. The fraction of sp³-hybridized carbons (Fsp3) is 0.588. The summed E-state index contributed by atoms with van der Waals surface area (Å²) in [5, 5.41) is 3.49. The van der Waals surface area contributed by atoms with Crippen LogP contribution in [-0.4, -0.2) is 36.6 Å². The molecule has 114 valence electrons. The summed E-state index contributed by atoms with van der Waals surface area (Å²) in [5.41, 5.74) is 1.17. The van der Waals surface area contributed by atoms with Crippen LogP contribution >= 0.6 is 0 Å². The third kappa shape index (κ3) is 3.11. The van der Waals surface area contributed by atoms with Gasteiger partial charge in [0.15, 0.2) is 0 Å². The zero-order chi connectivity index (χ0) is 14.7. The molecule has 2 aliphatic rings. The molecule has 2 saturated heterocycles. The van der Waals surface area contributed by atoms with E-state index in [1.165, 1.54) is 5.56 Å². The lowest BCUT2D eigenvalue weighted by Crippen LogP contribution is -2.37. The first kappa shape index (κ1) is 14.5. The number of amides is 1. The van der Waals surface area contributed by atoms with E-state index in [1.807, 2.05) is 23.1 Å². The number of benzene rings is 1. The van der Waals surface area contributed by atoms with Gasteiger partial charge in [-0.15, -0.1) is 0 Å². The predicted molar refractivity (Wildman–Crippen MR) is 81.7 cm³/mol. The molecule has 2 aliphatic heterocycles. The van der Waals surface area contributed by atoms with Crippen molar-refractivity contribution in [2.24, 2.45) is 5.92 Å². The van der Waals surface area contributed by atoms with Crippen molar-refractivity contribution in [1.82, 2.24) is 10.2 Å². The maximum atomic E-state index is 12.6. The van der Waals surface area contributed by atoms with Crippen LogP contribution in [0.25, 0.3) is 0 Å². The van der Waals surface area contributed by atoms with E-state index < -0.39 is 0 Å². The Balaban J connectivity index is 1.77. The predicted octanol–water partition coefficient (Wildman–Crippen LogP) is 2.32. The van der Waals surface area contributed by atoms with E-state index in [0.717, 1.165) is 39.0 Å². The third-order valence-corrected chi connectivity index (χ3v) is 4.57. The van der Waals surface area contributed by atoms with E-state index in [4.69, 9.17) is 4.74 Å². The van der Waals surface area contributed by atoms with Crippen molar-refractivity contribution >= 4 is 5.91 Å². The van der Waals surface area contributed by atoms with Gasteiger partial charge in [0.05, 0.1) is 6.04 Å². The molecule has 1 amide bonds. The van der Waals surface area contributed by atoms with E-state index in [2.05, 4.69) is 24.4 Å². The summed E-state index contributed by atoms with van der Waals surface area (Å²) in [4.78, 5) is 14.7. The molecule has 0 aromatic heterocycles. The summed E-state index contributed by atoms with van der Waals surface area (Å²) in [6.07, 6.45) is 2.97. The number of rotatable bonds is 4. The first-order valence-electron chi connectivity index (χ1n) is 7.98. The molecule has 0 aliphatic carbocycles. The lowest BCUT2D eigenvalue weighted by atomic mass is 9.99. The fourth-order valence-electron chi connectivity index (χ4n) is 3.29. The van der Waals surface area contributed by atoms with Gasteiger partial charge in [0.25, 0.3) is 0 Å². The zero-order valence-electron chi connectivity index (χ0n) is 12.6. The second kappa shape index (κ2) is 6.58. The van der Waals surface area contributed by atoms with E-state index in [1.54, 1.807) is 0 Å². The zero-order valence-corrected chi connectivity index (χ0v) is 12.6. The summed E-state index contributed by atoms with van der Waals surface area (Å²) in [7, 11) is 0. The van der Waals surface area contributed by atoms with Gasteiger partial charge in [0.2, 0.25) is 5.91 Å². The van der Waals surface area contributed by atoms with Gasteiger partial charge in [-0.3, -0.25) is 10.1 Å². The van der Waals surface area contributed by atoms with Crippen molar-refractivity contribution < 1.29 is 9.53 Å². The summed E-state index contributed by atoms with van der Waals surface area (Å²) in [6, 6.07) is 10.2. The van der Waals surface area contributed by atoms with Gasteiger partial charge in [0.1, 0.15) is 6.17 Å². The van der Waals surface area contributed by atoms with E-state index in [0.29, 0.717) is 5.92 Å². The Kier molecular flexibility index (Phi) is 4.56. The minimum absolute atomic E-state index is 0.0199. The maximum absolute atomic E-state index is 12.6. The number of hydrogen-bond donors (Lipinski definition) is 1. The highest BCUT2D eigenvalue weighted by molar-refractivity contribution is 5.84. The SMILES string of the molecule is CCC1NC(c2ccccc2)N(CC2CCOCC2)C1=O. The molecule has 0 spiro atoms. The molecule has 2 heterocycles. The van der Waals surface area contributed by atoms with Crippen molar-refractivity contribution in [2.75, 3.05) is 19.8 Å². The average Bonchev–Trinajstić information content (AvgIpc) is 2.86. The molecule has 2 unspecified atom stereocenters. The van der Waals surface area contributed by atoms with E-state index >= 15 is 0 Å². The molecule has 1 aromatic rings. The minimum atomic E-state index is -0.0463. The maximum Gasteiger partial charge on any atom is 0.241 e. The van der Waals surface area contributed by atoms with Crippen LogP contribution in [0, 0.1) is 5.92 Å². The van der Waals surface area contributed by atoms with Crippen LogP contribution in [0.15, 0.2) is 30.3 Å². The highest BCUT2D eigenvalue weighted by atomic mass is 16.5. The van der Waals surface area contributed by atoms with Gasteiger partial charge >= 0.3 is 0 Å². The quantitative estimate of drug-likeness (QED) is 0.924. The summed E-state index contributed by atoms with van der Waals surface area (Å²) < 4.78 is 5.43. The molecular formula is C17H24N2O2. The molecule has 1 aromatic carbocycles. The minimum Gasteiger partial charge on any atom is -0.381 e. The van der Waals surface area contributed by atoms with Gasteiger partial charge in [-0.2, -0.15) is 0 Å². The molecule has 2 fully saturated rings. The Morgan fingerprint density at radius 1 is 1.24 bits per heavy atom. The molecule has 21 heavy (non-hydrogen) atoms. The Morgan fingerprint density at radius 2 is 1.95 bits per heavy atom. The van der Waals surface area contributed by atoms with Crippen LogP contribution in [-0.2, 0) is 9.53 Å². The van der Waals surface area contributed by atoms with Crippen molar-refractivity contribution in [3.8, 4) is 0 Å². The smallest absolute Gasteiger partial charge is 0.241 e. The molecule has 4 nitrogen and oxygen atoms in total. The third-order valence-electron chi connectivity index (χ3n) is 4.57. The molecule has 0 saturated carbocycles. The monoisotopic (exact) mass is 288 g/mol. The van der Waals surface area contributed by atoms with Crippen LogP contribution in [0.3, 0.4) is 0 Å². The number of carbonyl (C=O) groups is 1. The fourth-order valence-corrected chi connectivity index (χ4v) is 3.29. The van der Waals surface area contributed by atoms with Gasteiger partial charge < -0.3 is 9.64 Å². The van der Waals surface area contributed by atoms with Crippen LogP contribution in [0.4, 0.5) is 0 Å². The Labute approximate surface area is 126 Å². The van der Waals surface area contributed by atoms with Gasteiger partial charge in [0, 0.05) is 19.8 Å². The number of nitrogens with zero attached hydrogens (tertiary/aromatic N) is 1. The number of hydrogen-bond acceptors (Lipinski definition) is 3. The lowest BCUT2D eigenvalue weighted by molar-refractivity contribution is -0.131. The number of ether oxygens (including phenoxy) is 1. The highest BCUT2D eigenvalue weighted by Crippen LogP contribution is 2.29. The van der Waals surface area contributed by atoms with Crippen LogP contribution in [0.5, 0.6) is 0 Å². The number of carbonyl (C=O) groups excluding carboxylic acids is 1. The molecule has 1 N–H and O–H groups in total. The lowest BCUT2D eigenvalue weighted by Gasteiger charge is -2.30. The first-order chi connectivity index (χ1) is 10.3. The van der Waals surface area contributed by atoms with Crippen LogP contribution < -0.4 is 5.32 Å². The molecule has 4 heteroatoms. The highest BCUT2D eigenvalue weighted by Gasteiger charge is 2.39. The van der Waals surface area contributed by atoms with Gasteiger partial charge in [-0.1, -0.05) is 37.3 Å². The van der Waals surface area contributed by atoms with Crippen molar-refractivity contribution in [3.05, 3.63) is 35.9 Å². The van der Waals surface area contributed by atoms with Crippen LogP contribution in [0.2, 0.25) is 0 Å². The van der Waals surface area contributed by atoms with Gasteiger partial charge in [-0.25, -0.2) is 0 Å². The first-order valence-corrected chi connectivity index (χ1v) is 7.98. The normalized spacial score (nSPS) is 27.3. The summed E-state index contributed by atoms with van der Waals surface area (Å²) in [5.74, 6) is 0.809. The molecule has 3 rings (SSSR count). The van der Waals surface area contributed by atoms with E-state index in [-0.39, 0.29) is 18.1 Å². The second-order valence-corrected chi connectivity index (χ2v) is 5.99. The summed E-state index contributed by atoms with van der Waals surface area (Å²) >= 11 is 0. The van der Waals surface area contributed by atoms with Crippen LogP contribution in [0.1, 0.15) is 37.9 Å². The van der Waals surface area contributed by atoms with Gasteiger partial charge in [-0.05, 0) is 30.7 Å². The average molecular weight is 288 g/mol. The largest absolute Gasteiger partial charge is 0.381 e. The number of nitrogens with one attached hydrogen (secondary N) is 1. The molecule has 2 atom stereocenters. The van der Waals surface area contributed by atoms with Crippen molar-refractivity contribution in [1.29, 1.82) is 0 Å². The molecular weight excluding hydrogens is 264 g/mol. The Morgan fingerprint density at radius 3 is 2.62 bits per heavy atom. The summed E-state index contributed by atoms with van der Waals surface area (Å²) in [6.45, 7) is 4.56. The molecule has 0 bridgehead atoms. The Hall–Kier alpha value is -1.39. The van der Waals surface area contributed by atoms with E-state index in [9.17, 15) is 4.79 Å².